The number of aryl methyl sites for hydroxylation is 1. The van der Waals surface area contributed by atoms with E-state index in [0.29, 0.717) is 11.3 Å². The number of aromatic nitrogens is 1. The number of halogens is 2. The average Bonchev–Trinajstić information content (AvgIpc) is 2.34. The zero-order chi connectivity index (χ0) is 14.0. The van der Waals surface area contributed by atoms with Gasteiger partial charge in [-0.2, -0.15) is 0 Å². The number of benzene rings is 1. The zero-order valence-corrected chi connectivity index (χ0v) is 9.95. The van der Waals surface area contributed by atoms with Crippen LogP contribution in [0.25, 0.3) is 0 Å². The van der Waals surface area contributed by atoms with Crippen LogP contribution in [0.5, 0.6) is 0 Å². The summed E-state index contributed by atoms with van der Waals surface area (Å²) in [5.41, 5.74) is 0.537. The summed E-state index contributed by atoms with van der Waals surface area (Å²) in [5, 5.41) is 11.4. The van der Waals surface area contributed by atoms with Crippen molar-refractivity contribution in [3.8, 4) is 0 Å². The van der Waals surface area contributed by atoms with Gasteiger partial charge in [0.2, 0.25) is 0 Å². The lowest BCUT2D eigenvalue weighted by molar-refractivity contribution is 0.0692. The molecule has 1 aromatic carbocycles. The molecule has 0 atom stereocenters. The number of nitrogens with one attached hydrogen (secondary N) is 1. The predicted octanol–water partition coefficient (Wildman–Crippen LogP) is 3.11. The third kappa shape index (κ3) is 2.67. The Hall–Kier alpha value is -2.50. The number of aromatic carboxylic acids is 1. The number of pyridine rings is 1. The number of anilines is 2. The van der Waals surface area contributed by atoms with Crippen molar-refractivity contribution in [2.75, 3.05) is 5.32 Å². The van der Waals surface area contributed by atoms with Crippen molar-refractivity contribution in [2.45, 2.75) is 6.92 Å². The minimum absolute atomic E-state index is 0.213. The third-order valence-corrected chi connectivity index (χ3v) is 2.56. The number of hydrogen-bond donors (Lipinski definition) is 2. The van der Waals surface area contributed by atoms with Crippen LogP contribution in [0.4, 0.5) is 20.3 Å². The first-order chi connectivity index (χ1) is 8.99. The van der Waals surface area contributed by atoms with Crippen LogP contribution in [0.1, 0.15) is 15.9 Å². The number of nitrogens with zero attached hydrogens (tertiary/aromatic N) is 1. The molecule has 0 unspecified atom stereocenters. The van der Waals surface area contributed by atoms with Crippen molar-refractivity contribution in [1.82, 2.24) is 4.98 Å². The van der Waals surface area contributed by atoms with Gasteiger partial charge >= 0.3 is 5.97 Å². The second kappa shape index (κ2) is 5.01. The monoisotopic (exact) mass is 264 g/mol. The Morgan fingerprint density at radius 2 is 2.05 bits per heavy atom. The molecule has 4 nitrogen and oxygen atoms in total. The molecule has 1 aromatic heterocycles. The fraction of sp³-hybridized carbons (Fsp3) is 0.0769. The highest BCUT2D eigenvalue weighted by Crippen LogP contribution is 2.23. The topological polar surface area (TPSA) is 62.2 Å². The fourth-order valence-corrected chi connectivity index (χ4v) is 1.59. The molecule has 0 aliphatic carbocycles. The lowest BCUT2D eigenvalue weighted by Crippen LogP contribution is -2.06. The van der Waals surface area contributed by atoms with E-state index in [1.54, 1.807) is 6.92 Å². The molecule has 1 heterocycles. The van der Waals surface area contributed by atoms with E-state index in [2.05, 4.69) is 10.3 Å². The van der Waals surface area contributed by atoms with Gasteiger partial charge < -0.3 is 10.4 Å². The molecule has 0 amide bonds. The Morgan fingerprint density at radius 3 is 2.68 bits per heavy atom. The minimum atomic E-state index is -1.38. The minimum Gasteiger partial charge on any atom is -0.478 e. The molecule has 0 aliphatic rings. The van der Waals surface area contributed by atoms with E-state index in [1.165, 1.54) is 24.4 Å². The molecular formula is C13H10F2N2O2. The van der Waals surface area contributed by atoms with Gasteiger partial charge in [-0.3, -0.25) is 0 Å². The quantitative estimate of drug-likeness (QED) is 0.894. The molecule has 0 bridgehead atoms. The van der Waals surface area contributed by atoms with Crippen molar-refractivity contribution in [3.05, 3.63) is 53.2 Å². The Balaban J connectivity index is 2.38. The van der Waals surface area contributed by atoms with Gasteiger partial charge in [0.1, 0.15) is 11.4 Å². The molecule has 2 aromatic rings. The fourth-order valence-electron chi connectivity index (χ4n) is 1.59. The van der Waals surface area contributed by atoms with Crippen LogP contribution in [-0.2, 0) is 0 Å². The molecule has 19 heavy (non-hydrogen) atoms. The summed E-state index contributed by atoms with van der Waals surface area (Å²) < 4.78 is 26.8. The van der Waals surface area contributed by atoms with E-state index in [-0.39, 0.29) is 5.82 Å². The van der Waals surface area contributed by atoms with E-state index >= 15 is 0 Å². The van der Waals surface area contributed by atoms with Crippen molar-refractivity contribution < 1.29 is 18.7 Å². The molecule has 2 N–H and O–H groups in total. The van der Waals surface area contributed by atoms with E-state index in [9.17, 15) is 13.6 Å². The van der Waals surface area contributed by atoms with Crippen molar-refractivity contribution >= 4 is 17.5 Å². The third-order valence-electron chi connectivity index (χ3n) is 2.56. The normalized spacial score (nSPS) is 10.3. The standard InChI is InChI=1S/C13H10F2N2O2/c1-7-6-8(14)2-3-10(7)17-12-11(15)9(13(18)19)4-5-16-12/h2-6H,1H3,(H,16,17)(H,18,19). The SMILES string of the molecule is Cc1cc(F)ccc1Nc1nccc(C(=O)O)c1F. The highest BCUT2D eigenvalue weighted by Gasteiger charge is 2.15. The van der Waals surface area contributed by atoms with Crippen LogP contribution in [-0.4, -0.2) is 16.1 Å². The van der Waals surface area contributed by atoms with Gasteiger partial charge in [0, 0.05) is 11.9 Å². The summed E-state index contributed by atoms with van der Waals surface area (Å²) in [6.07, 6.45) is 1.19. The Kier molecular flexibility index (Phi) is 3.41. The maximum atomic E-state index is 13.8. The number of hydrogen-bond acceptors (Lipinski definition) is 3. The zero-order valence-electron chi connectivity index (χ0n) is 9.95. The van der Waals surface area contributed by atoms with Gasteiger partial charge in [-0.25, -0.2) is 18.6 Å². The first-order valence-corrected chi connectivity index (χ1v) is 5.40. The van der Waals surface area contributed by atoms with Gasteiger partial charge in [0.25, 0.3) is 0 Å². The molecule has 98 valence electrons. The molecule has 6 heteroatoms. The smallest absolute Gasteiger partial charge is 0.338 e. The summed E-state index contributed by atoms with van der Waals surface area (Å²) in [7, 11) is 0. The number of carbonyl (C=O) groups is 1. The maximum absolute atomic E-state index is 13.8. The van der Waals surface area contributed by atoms with Crippen LogP contribution < -0.4 is 5.32 Å². The molecule has 0 fully saturated rings. The summed E-state index contributed by atoms with van der Waals surface area (Å²) >= 11 is 0. The predicted molar refractivity (Wildman–Crippen MR) is 65.6 cm³/mol. The largest absolute Gasteiger partial charge is 0.478 e. The number of rotatable bonds is 3. The summed E-state index contributed by atoms with van der Waals surface area (Å²) in [6.45, 7) is 1.64. The second-order valence-corrected chi connectivity index (χ2v) is 3.91. The first kappa shape index (κ1) is 12.9. The van der Waals surface area contributed by atoms with Crippen molar-refractivity contribution in [1.29, 1.82) is 0 Å². The maximum Gasteiger partial charge on any atom is 0.338 e. The van der Waals surface area contributed by atoms with E-state index < -0.39 is 23.2 Å². The molecule has 0 aliphatic heterocycles. The van der Waals surface area contributed by atoms with Crippen LogP contribution in [0.2, 0.25) is 0 Å². The van der Waals surface area contributed by atoms with Crippen LogP contribution in [0, 0.1) is 18.6 Å². The molecule has 0 saturated heterocycles. The van der Waals surface area contributed by atoms with Gasteiger partial charge in [-0.1, -0.05) is 0 Å². The van der Waals surface area contributed by atoms with Gasteiger partial charge in [0.05, 0.1) is 0 Å². The van der Waals surface area contributed by atoms with Crippen LogP contribution in [0.3, 0.4) is 0 Å². The van der Waals surface area contributed by atoms with Crippen LogP contribution in [0.15, 0.2) is 30.5 Å². The Labute approximate surface area is 107 Å². The van der Waals surface area contributed by atoms with Crippen molar-refractivity contribution in [2.24, 2.45) is 0 Å². The molecule has 0 radical (unpaired) electrons. The second-order valence-electron chi connectivity index (χ2n) is 3.91. The van der Waals surface area contributed by atoms with Gasteiger partial charge in [-0.15, -0.1) is 0 Å². The lowest BCUT2D eigenvalue weighted by atomic mass is 10.2. The Bertz CT molecular complexity index is 645. The van der Waals surface area contributed by atoms with Gasteiger partial charge in [0.15, 0.2) is 11.6 Å². The van der Waals surface area contributed by atoms with Gasteiger partial charge in [-0.05, 0) is 36.8 Å². The van der Waals surface area contributed by atoms with Crippen molar-refractivity contribution in [3.63, 3.8) is 0 Å². The lowest BCUT2D eigenvalue weighted by Gasteiger charge is -2.10. The number of carboxylic acids is 1. The molecule has 2 rings (SSSR count). The first-order valence-electron chi connectivity index (χ1n) is 5.40. The average molecular weight is 264 g/mol. The molecule has 0 saturated carbocycles. The van der Waals surface area contributed by atoms with E-state index in [1.807, 2.05) is 0 Å². The number of carboxylic acid groups (broad SMARTS) is 1. The van der Waals surface area contributed by atoms with Crippen LogP contribution >= 0.6 is 0 Å². The van der Waals surface area contributed by atoms with E-state index in [4.69, 9.17) is 5.11 Å². The molecule has 0 spiro atoms. The summed E-state index contributed by atoms with van der Waals surface area (Å²) in [4.78, 5) is 14.5. The summed E-state index contributed by atoms with van der Waals surface area (Å²) in [5.74, 6) is -2.96. The highest BCUT2D eigenvalue weighted by molar-refractivity contribution is 5.89. The Morgan fingerprint density at radius 1 is 1.32 bits per heavy atom. The summed E-state index contributed by atoms with van der Waals surface area (Å²) in [6, 6.07) is 5.00. The van der Waals surface area contributed by atoms with E-state index in [0.717, 1.165) is 6.07 Å². The molecular weight excluding hydrogens is 254 g/mol. The highest BCUT2D eigenvalue weighted by atomic mass is 19.1.